The first-order chi connectivity index (χ1) is 15.5. The Morgan fingerprint density at radius 3 is 2.12 bits per heavy atom. The first-order valence-corrected chi connectivity index (χ1v) is 17.6. The Kier molecular flexibility index (Phi) is 7.69. The summed E-state index contributed by atoms with van der Waals surface area (Å²) in [6.45, 7) is 18.9. The van der Waals surface area contributed by atoms with Gasteiger partial charge in [-0.3, -0.25) is 0 Å². The van der Waals surface area contributed by atoms with Gasteiger partial charge in [-0.15, -0.1) is 0 Å². The van der Waals surface area contributed by atoms with Crippen LogP contribution in [0.5, 0.6) is 0 Å². The summed E-state index contributed by atoms with van der Waals surface area (Å²) in [6, 6.07) is 11.7. The van der Waals surface area contributed by atoms with E-state index in [1.165, 1.54) is 16.7 Å². The predicted octanol–water partition coefficient (Wildman–Crippen LogP) is 6.48. The van der Waals surface area contributed by atoms with Gasteiger partial charge >= 0.3 is 205 Å². The minimum absolute atomic E-state index is 0.518. The molecule has 32 heavy (non-hydrogen) atoms. The minimum atomic E-state index is -2.56. The van der Waals surface area contributed by atoms with Crippen molar-refractivity contribution in [2.24, 2.45) is 0 Å². The Morgan fingerprint density at radius 1 is 0.906 bits per heavy atom. The quantitative estimate of drug-likeness (QED) is 0.262. The average molecular weight is 594 g/mol. The fourth-order valence-corrected chi connectivity index (χ4v) is 17.2. The summed E-state index contributed by atoms with van der Waals surface area (Å²) in [5, 5.41) is 0. The molecule has 0 unspecified atom stereocenters. The molecule has 0 aromatic heterocycles. The topological polar surface area (TPSA) is 6.48 Å². The van der Waals surface area contributed by atoms with Crippen LogP contribution in [0.1, 0.15) is 76.1 Å². The van der Waals surface area contributed by atoms with Crippen LogP contribution in [-0.2, 0) is 28.4 Å². The van der Waals surface area contributed by atoms with Crippen LogP contribution in [0.4, 0.5) is 0 Å². The molecule has 2 aliphatic rings. The van der Waals surface area contributed by atoms with Crippen LogP contribution in [0.25, 0.3) is 16.7 Å². The molecule has 0 heterocycles. The second-order valence-electron chi connectivity index (χ2n) is 9.22. The van der Waals surface area contributed by atoms with Gasteiger partial charge < -0.3 is 0 Å². The van der Waals surface area contributed by atoms with E-state index in [-0.39, 0.29) is 0 Å². The molecule has 2 nitrogen and oxygen atoms in total. The summed E-state index contributed by atoms with van der Waals surface area (Å²) in [6.07, 6.45) is 9.18. The van der Waals surface area contributed by atoms with Crippen molar-refractivity contribution >= 4 is 8.89 Å². The van der Waals surface area contributed by atoms with E-state index in [4.69, 9.17) is 0 Å². The number of allylic oxidation sites excluding steroid dienone is 4. The molecule has 2 aliphatic carbocycles. The van der Waals surface area contributed by atoms with E-state index < -0.39 is 22.0 Å². The summed E-state index contributed by atoms with van der Waals surface area (Å²) in [5.74, 6) is 0.518. The van der Waals surface area contributed by atoms with Gasteiger partial charge in [0.1, 0.15) is 0 Å². The SMILES string of the molecule is CC[N](CC)[Hf]([c]1c2c(cc(C(C)C)c1C1=CC=CC1)-c1ccccc1C2)[N](CC)CC. The van der Waals surface area contributed by atoms with Crippen molar-refractivity contribution in [3.63, 3.8) is 0 Å². The van der Waals surface area contributed by atoms with Gasteiger partial charge in [-0.05, 0) is 0 Å². The summed E-state index contributed by atoms with van der Waals surface area (Å²) >= 11 is -2.56. The van der Waals surface area contributed by atoms with Gasteiger partial charge in [0.05, 0.1) is 0 Å². The van der Waals surface area contributed by atoms with Crippen molar-refractivity contribution < 1.29 is 22.0 Å². The van der Waals surface area contributed by atoms with Gasteiger partial charge in [0.2, 0.25) is 0 Å². The fourth-order valence-electron chi connectivity index (χ4n) is 5.54. The molecule has 2 aromatic rings. The van der Waals surface area contributed by atoms with Gasteiger partial charge in [-0.1, -0.05) is 0 Å². The van der Waals surface area contributed by atoms with Gasteiger partial charge in [-0.2, -0.15) is 0 Å². The second kappa shape index (κ2) is 10.3. The fraction of sp³-hybridized carbons (Fsp3) is 0.448. The molecule has 3 heteroatoms. The molecular formula is C29H39HfN2. The van der Waals surface area contributed by atoms with Gasteiger partial charge in [0.15, 0.2) is 0 Å². The van der Waals surface area contributed by atoms with Crippen molar-refractivity contribution in [1.82, 2.24) is 5.78 Å². The van der Waals surface area contributed by atoms with Crippen LogP contribution in [0.15, 0.2) is 48.6 Å². The third-order valence-corrected chi connectivity index (χ3v) is 19.6. The first kappa shape index (κ1) is 23.9. The Morgan fingerprint density at radius 2 is 1.56 bits per heavy atom. The zero-order chi connectivity index (χ0) is 22.8. The molecule has 0 fully saturated rings. The maximum atomic E-state index is 2.88. The van der Waals surface area contributed by atoms with Crippen LogP contribution in [0.2, 0.25) is 0 Å². The third kappa shape index (κ3) is 4.17. The monoisotopic (exact) mass is 595 g/mol. The van der Waals surface area contributed by atoms with Crippen LogP contribution < -0.4 is 3.32 Å². The molecule has 0 saturated carbocycles. The van der Waals surface area contributed by atoms with Crippen molar-refractivity contribution in [2.45, 2.75) is 60.3 Å². The number of fused-ring (bicyclic) bond motifs is 3. The average Bonchev–Trinajstić information content (AvgIpc) is 3.46. The van der Waals surface area contributed by atoms with E-state index in [9.17, 15) is 0 Å². The molecule has 2 aromatic carbocycles. The molecule has 0 N–H and O–H groups in total. The van der Waals surface area contributed by atoms with Crippen LogP contribution >= 0.6 is 0 Å². The van der Waals surface area contributed by atoms with E-state index >= 15 is 0 Å². The second-order valence-corrected chi connectivity index (χ2v) is 17.9. The predicted molar refractivity (Wildman–Crippen MR) is 136 cm³/mol. The summed E-state index contributed by atoms with van der Waals surface area (Å²) in [4.78, 5) is 0. The normalized spacial score (nSPS) is 14.5. The van der Waals surface area contributed by atoms with Gasteiger partial charge in [0.25, 0.3) is 0 Å². The number of hydrogen-bond donors (Lipinski definition) is 0. The van der Waals surface area contributed by atoms with Crippen molar-refractivity contribution in [3.8, 4) is 11.1 Å². The van der Waals surface area contributed by atoms with Crippen molar-refractivity contribution in [1.29, 1.82) is 0 Å². The van der Waals surface area contributed by atoms with Crippen molar-refractivity contribution in [3.05, 3.63) is 70.8 Å². The number of benzene rings is 2. The van der Waals surface area contributed by atoms with E-state index in [0.717, 1.165) is 39.0 Å². The molecule has 0 atom stereocenters. The number of hydrogen-bond acceptors (Lipinski definition) is 2. The summed E-state index contributed by atoms with van der Waals surface area (Å²) in [5.41, 5.74) is 10.9. The van der Waals surface area contributed by atoms with Crippen LogP contribution in [-0.4, -0.2) is 32.0 Å². The zero-order valence-electron chi connectivity index (χ0n) is 20.8. The molecular weight excluding hydrogens is 555 g/mol. The molecule has 0 amide bonds. The van der Waals surface area contributed by atoms with Gasteiger partial charge in [0, 0.05) is 0 Å². The van der Waals surface area contributed by atoms with E-state index in [0.29, 0.717) is 5.92 Å². The van der Waals surface area contributed by atoms with E-state index in [2.05, 4.69) is 95.9 Å². The number of nitrogens with zero attached hydrogens (tertiary/aromatic N) is 2. The zero-order valence-corrected chi connectivity index (χ0v) is 24.4. The molecule has 0 spiro atoms. The van der Waals surface area contributed by atoms with Crippen LogP contribution in [0.3, 0.4) is 0 Å². The van der Waals surface area contributed by atoms with Crippen LogP contribution in [0, 0.1) is 0 Å². The summed E-state index contributed by atoms with van der Waals surface area (Å²) < 4.78 is 7.55. The Labute approximate surface area is 204 Å². The Balaban J connectivity index is 2.08. The van der Waals surface area contributed by atoms with Gasteiger partial charge in [-0.25, -0.2) is 0 Å². The summed E-state index contributed by atoms with van der Waals surface area (Å²) in [7, 11) is 0. The Bertz CT molecular complexity index is 1010. The van der Waals surface area contributed by atoms with Crippen molar-refractivity contribution in [2.75, 3.05) is 26.2 Å². The maximum absolute atomic E-state index is 2.88. The number of rotatable bonds is 9. The first-order valence-electron chi connectivity index (χ1n) is 12.6. The molecule has 0 aliphatic heterocycles. The molecule has 0 radical (unpaired) electrons. The Hall–Kier alpha value is -1.29. The molecule has 0 saturated heterocycles. The molecule has 169 valence electrons. The molecule has 0 bridgehead atoms. The van der Waals surface area contributed by atoms with E-state index in [1.54, 1.807) is 25.6 Å². The third-order valence-electron chi connectivity index (χ3n) is 7.20. The standard InChI is InChI=1S/C21H19.2C4H10N.Hf/c1-14(2)19-13-21-17(11-16-9-5-6-10-18(16)21)12-20(19)15-7-3-4-8-15;2*1-3-5-4-2;/h3-7,9-10,13-14H,8,11H2,1-2H3;2*3-4H2,1-2H3;/q;2*-1;+2. The van der Waals surface area contributed by atoms with E-state index in [1.807, 2.05) is 0 Å². The molecule has 4 rings (SSSR count).